The van der Waals surface area contributed by atoms with Crippen molar-refractivity contribution < 1.29 is 18.3 Å². The number of ether oxygens (including phenoxy) is 1. The van der Waals surface area contributed by atoms with Crippen LogP contribution in [0.5, 0.6) is 0 Å². The SMILES string of the molecule is CC(C)(C)OC(=O)NC1CCN(CCn2cc3c(-c4ccc(F)cc4)c(-c4ccncc4)c(-c4ccc(F)cc4)nc3n2)CC1. The molecular formula is C35H36F2N6O2. The van der Waals surface area contributed by atoms with Gasteiger partial charge in [0, 0.05) is 66.3 Å². The molecule has 1 aliphatic rings. The van der Waals surface area contributed by atoms with E-state index in [4.69, 9.17) is 14.8 Å². The number of pyridine rings is 2. The van der Waals surface area contributed by atoms with Gasteiger partial charge in [0.1, 0.15) is 17.2 Å². The van der Waals surface area contributed by atoms with E-state index in [2.05, 4.69) is 15.2 Å². The van der Waals surface area contributed by atoms with Gasteiger partial charge < -0.3 is 15.0 Å². The smallest absolute Gasteiger partial charge is 0.407 e. The number of halogens is 2. The number of fused-ring (bicyclic) bond motifs is 1. The van der Waals surface area contributed by atoms with Crippen LogP contribution in [-0.2, 0) is 11.3 Å². The van der Waals surface area contributed by atoms with Crippen LogP contribution in [-0.4, -0.2) is 62.0 Å². The van der Waals surface area contributed by atoms with Crippen molar-refractivity contribution in [3.05, 3.63) is 90.9 Å². The molecule has 3 aromatic heterocycles. The van der Waals surface area contributed by atoms with E-state index in [1.165, 1.54) is 24.3 Å². The first-order chi connectivity index (χ1) is 21.6. The Labute approximate surface area is 261 Å². The summed E-state index contributed by atoms with van der Waals surface area (Å²) in [5.41, 5.74) is 4.82. The molecule has 0 saturated carbocycles. The molecule has 0 unspecified atom stereocenters. The van der Waals surface area contributed by atoms with Crippen molar-refractivity contribution in [3.8, 4) is 33.5 Å². The summed E-state index contributed by atoms with van der Waals surface area (Å²) in [6.45, 7) is 8.68. The lowest BCUT2D eigenvalue weighted by molar-refractivity contribution is 0.0478. The molecule has 6 rings (SSSR count). The van der Waals surface area contributed by atoms with Crippen molar-refractivity contribution in [1.29, 1.82) is 0 Å². The Morgan fingerprint density at radius 3 is 2.09 bits per heavy atom. The molecule has 0 bridgehead atoms. The number of hydrogen-bond acceptors (Lipinski definition) is 6. The van der Waals surface area contributed by atoms with E-state index in [0.717, 1.165) is 65.7 Å². The minimum absolute atomic E-state index is 0.0855. The van der Waals surface area contributed by atoms with Crippen LogP contribution in [0.4, 0.5) is 13.6 Å². The molecule has 2 aromatic carbocycles. The van der Waals surface area contributed by atoms with Crippen LogP contribution in [0, 0.1) is 11.6 Å². The van der Waals surface area contributed by atoms with E-state index in [9.17, 15) is 13.6 Å². The predicted octanol–water partition coefficient (Wildman–Crippen LogP) is 7.09. The Balaban J connectivity index is 1.31. The Hall–Kier alpha value is -4.70. The summed E-state index contributed by atoms with van der Waals surface area (Å²) in [6, 6.07) is 16.6. The quantitative estimate of drug-likeness (QED) is 0.212. The van der Waals surface area contributed by atoms with Gasteiger partial charge in [-0.1, -0.05) is 12.1 Å². The number of hydrogen-bond donors (Lipinski definition) is 1. The summed E-state index contributed by atoms with van der Waals surface area (Å²) in [4.78, 5) is 23.8. The van der Waals surface area contributed by atoms with Crippen LogP contribution < -0.4 is 5.32 Å². The third kappa shape index (κ3) is 7.17. The summed E-state index contributed by atoms with van der Waals surface area (Å²) in [5.74, 6) is -0.660. The second-order valence-corrected chi connectivity index (χ2v) is 12.4. The lowest BCUT2D eigenvalue weighted by atomic mass is 9.90. The van der Waals surface area contributed by atoms with Gasteiger partial charge in [-0.25, -0.2) is 18.6 Å². The normalized spacial score (nSPS) is 14.5. The number of likely N-dealkylation sites (tertiary alicyclic amines) is 1. The number of aromatic nitrogens is 4. The minimum Gasteiger partial charge on any atom is -0.444 e. The zero-order chi connectivity index (χ0) is 31.6. The van der Waals surface area contributed by atoms with E-state index in [1.54, 1.807) is 36.7 Å². The van der Waals surface area contributed by atoms with Gasteiger partial charge in [-0.3, -0.25) is 9.67 Å². The van der Waals surface area contributed by atoms with Crippen LogP contribution in [0.15, 0.2) is 79.3 Å². The first-order valence-electron chi connectivity index (χ1n) is 15.2. The van der Waals surface area contributed by atoms with Gasteiger partial charge in [0.2, 0.25) is 0 Å². The number of piperidine rings is 1. The Kier molecular flexibility index (Phi) is 8.58. The Morgan fingerprint density at radius 2 is 1.47 bits per heavy atom. The van der Waals surface area contributed by atoms with E-state index >= 15 is 0 Å². The molecular weight excluding hydrogens is 574 g/mol. The topological polar surface area (TPSA) is 85.2 Å². The van der Waals surface area contributed by atoms with E-state index < -0.39 is 5.60 Å². The second kappa shape index (κ2) is 12.7. The molecule has 0 radical (unpaired) electrons. The van der Waals surface area contributed by atoms with Gasteiger partial charge in [0.15, 0.2) is 5.65 Å². The molecule has 5 aromatic rings. The maximum Gasteiger partial charge on any atom is 0.407 e. The van der Waals surface area contributed by atoms with Crippen LogP contribution in [0.1, 0.15) is 33.6 Å². The number of carbonyl (C=O) groups excluding carboxylic acids is 1. The third-order valence-electron chi connectivity index (χ3n) is 7.89. The summed E-state index contributed by atoms with van der Waals surface area (Å²) >= 11 is 0. The molecule has 0 spiro atoms. The number of nitrogens with zero attached hydrogens (tertiary/aromatic N) is 5. The van der Waals surface area contributed by atoms with Crippen molar-refractivity contribution >= 4 is 17.1 Å². The van der Waals surface area contributed by atoms with Gasteiger partial charge in [0.25, 0.3) is 0 Å². The lowest BCUT2D eigenvalue weighted by Gasteiger charge is -2.32. The lowest BCUT2D eigenvalue weighted by Crippen LogP contribution is -2.46. The molecule has 0 atom stereocenters. The molecule has 232 valence electrons. The highest BCUT2D eigenvalue weighted by Crippen LogP contribution is 2.43. The zero-order valence-corrected chi connectivity index (χ0v) is 25.6. The highest BCUT2D eigenvalue weighted by atomic mass is 19.1. The molecule has 4 heterocycles. The fourth-order valence-electron chi connectivity index (χ4n) is 5.75. The van der Waals surface area contributed by atoms with Crippen LogP contribution in [0.2, 0.25) is 0 Å². The van der Waals surface area contributed by atoms with Crippen molar-refractivity contribution in [1.82, 2.24) is 30.0 Å². The van der Waals surface area contributed by atoms with Crippen LogP contribution in [0.25, 0.3) is 44.5 Å². The molecule has 1 saturated heterocycles. The van der Waals surface area contributed by atoms with Gasteiger partial charge in [-0.2, -0.15) is 5.10 Å². The van der Waals surface area contributed by atoms with Gasteiger partial charge in [0.05, 0.1) is 12.2 Å². The molecule has 1 fully saturated rings. The average Bonchev–Trinajstić information content (AvgIpc) is 3.43. The Bertz CT molecular complexity index is 1780. The fourth-order valence-corrected chi connectivity index (χ4v) is 5.75. The number of amides is 1. The van der Waals surface area contributed by atoms with E-state index in [-0.39, 0.29) is 23.8 Å². The standard InChI is InChI=1S/C35H36F2N6O2/c1-35(2,3)45-34(44)39-28-14-18-42(19-15-28)20-21-43-22-29-30(23-4-8-26(36)9-5-23)31(24-12-16-38-17-13-24)32(40-33(29)41-43)25-6-10-27(37)11-7-25/h4-13,16-17,22,28H,14-15,18-21H2,1-3H3,(H,39,44). The monoisotopic (exact) mass is 610 g/mol. The third-order valence-corrected chi connectivity index (χ3v) is 7.89. The summed E-state index contributed by atoms with van der Waals surface area (Å²) < 4.78 is 35.3. The molecule has 10 heteroatoms. The Morgan fingerprint density at radius 1 is 0.867 bits per heavy atom. The number of carbonyl (C=O) groups is 1. The molecule has 1 N–H and O–H groups in total. The molecule has 0 aliphatic carbocycles. The van der Waals surface area contributed by atoms with Crippen LogP contribution in [0.3, 0.4) is 0 Å². The highest BCUT2D eigenvalue weighted by Gasteiger charge is 2.25. The van der Waals surface area contributed by atoms with E-state index in [1.807, 2.05) is 43.8 Å². The summed E-state index contributed by atoms with van der Waals surface area (Å²) in [7, 11) is 0. The van der Waals surface area contributed by atoms with Crippen LogP contribution >= 0.6 is 0 Å². The molecule has 1 amide bonds. The average molecular weight is 611 g/mol. The van der Waals surface area contributed by atoms with Gasteiger partial charge in [-0.05, 0) is 93.3 Å². The fraction of sp³-hybridized carbons (Fsp3) is 0.314. The first kappa shape index (κ1) is 30.3. The van der Waals surface area contributed by atoms with Crippen molar-refractivity contribution in [2.75, 3.05) is 19.6 Å². The molecule has 1 aliphatic heterocycles. The van der Waals surface area contributed by atoms with E-state index in [0.29, 0.717) is 17.9 Å². The highest BCUT2D eigenvalue weighted by molar-refractivity contribution is 6.05. The largest absolute Gasteiger partial charge is 0.444 e. The van der Waals surface area contributed by atoms with Gasteiger partial charge in [-0.15, -0.1) is 0 Å². The second-order valence-electron chi connectivity index (χ2n) is 12.4. The zero-order valence-electron chi connectivity index (χ0n) is 25.6. The predicted molar refractivity (Wildman–Crippen MR) is 170 cm³/mol. The first-order valence-corrected chi connectivity index (χ1v) is 15.2. The number of alkyl carbamates (subject to hydrolysis) is 1. The summed E-state index contributed by atoms with van der Waals surface area (Å²) in [6.07, 6.45) is 6.74. The van der Waals surface area contributed by atoms with Crippen molar-refractivity contribution in [2.24, 2.45) is 0 Å². The maximum atomic E-state index is 14.1. The molecule has 8 nitrogen and oxygen atoms in total. The number of rotatable bonds is 7. The number of nitrogens with one attached hydrogen (secondary N) is 1. The van der Waals surface area contributed by atoms with Crippen molar-refractivity contribution in [3.63, 3.8) is 0 Å². The maximum absolute atomic E-state index is 14.1. The molecule has 45 heavy (non-hydrogen) atoms. The van der Waals surface area contributed by atoms with Gasteiger partial charge >= 0.3 is 6.09 Å². The van der Waals surface area contributed by atoms with Crippen molar-refractivity contribution in [2.45, 2.75) is 51.8 Å². The number of benzene rings is 2. The minimum atomic E-state index is -0.525. The summed E-state index contributed by atoms with van der Waals surface area (Å²) in [5, 5.41) is 8.70.